The van der Waals surface area contributed by atoms with Gasteiger partial charge in [-0.25, -0.2) is 0 Å². The van der Waals surface area contributed by atoms with Crippen molar-refractivity contribution in [2.24, 2.45) is 0 Å². The summed E-state index contributed by atoms with van der Waals surface area (Å²) in [4.78, 5) is 4.67. The molecule has 1 nitrogen and oxygen atoms in total. The molecule has 0 fully saturated rings. The molecular weight excluding hydrogens is 362 g/mol. The fourth-order valence-corrected chi connectivity index (χ4v) is 4.19. The number of hydrogen-bond acceptors (Lipinski definition) is 1. The second-order valence-corrected chi connectivity index (χ2v) is 8.95. The predicted octanol–water partition coefficient (Wildman–Crippen LogP) is 8.02. The highest BCUT2D eigenvalue weighted by Gasteiger charge is 2.15. The van der Waals surface area contributed by atoms with Gasteiger partial charge in [0.1, 0.15) is 0 Å². The van der Waals surface area contributed by atoms with Crippen LogP contribution in [0, 0.1) is 0 Å². The summed E-state index contributed by atoms with van der Waals surface area (Å²) in [5.74, 6) is 0. The van der Waals surface area contributed by atoms with Gasteiger partial charge in [0.05, 0.1) is 5.69 Å². The maximum Gasteiger partial charge on any atom is 0.0705 e. The maximum atomic E-state index is 4.67. The molecule has 0 saturated heterocycles. The second kappa shape index (κ2) is 7.11. The van der Waals surface area contributed by atoms with E-state index < -0.39 is 0 Å². The third kappa shape index (κ3) is 3.27. The van der Waals surface area contributed by atoms with E-state index >= 15 is 0 Å². The van der Waals surface area contributed by atoms with Gasteiger partial charge in [-0.1, -0.05) is 87.5 Å². The van der Waals surface area contributed by atoms with Crippen LogP contribution in [0.2, 0.25) is 0 Å². The third-order valence-corrected chi connectivity index (χ3v) is 5.86. The van der Waals surface area contributed by atoms with Crippen molar-refractivity contribution in [2.45, 2.75) is 26.2 Å². The Labute approximate surface area is 178 Å². The Kier molecular flexibility index (Phi) is 4.40. The molecule has 1 heterocycles. The van der Waals surface area contributed by atoms with Crippen LogP contribution >= 0.6 is 0 Å². The number of pyridine rings is 1. The van der Waals surface area contributed by atoms with Crippen molar-refractivity contribution in [3.05, 3.63) is 103 Å². The highest BCUT2D eigenvalue weighted by atomic mass is 14.7. The van der Waals surface area contributed by atoms with Crippen LogP contribution in [0.5, 0.6) is 0 Å². The van der Waals surface area contributed by atoms with Crippen LogP contribution < -0.4 is 0 Å². The molecule has 1 aromatic heterocycles. The maximum absolute atomic E-state index is 4.67. The van der Waals surface area contributed by atoms with E-state index in [9.17, 15) is 0 Å². The van der Waals surface area contributed by atoms with Crippen molar-refractivity contribution >= 4 is 21.5 Å². The van der Waals surface area contributed by atoms with E-state index in [0.717, 1.165) is 11.3 Å². The lowest BCUT2D eigenvalue weighted by Gasteiger charge is -2.19. The standard InChI is InChI=1S/C29H25N/c1-29(2,3)23-15-16-30-28(19-23)22-11-8-10-20(17-22)27-18-21-9-4-5-12-24(21)25-13-6-7-14-26(25)27/h4-19H,1-3H3. The summed E-state index contributed by atoms with van der Waals surface area (Å²) < 4.78 is 0. The largest absolute Gasteiger partial charge is 0.256 e. The Morgan fingerprint density at radius 1 is 0.600 bits per heavy atom. The summed E-state index contributed by atoms with van der Waals surface area (Å²) in [7, 11) is 0. The Hall–Kier alpha value is -3.45. The highest BCUT2D eigenvalue weighted by Crippen LogP contribution is 2.36. The zero-order chi connectivity index (χ0) is 20.7. The molecule has 0 aliphatic carbocycles. The summed E-state index contributed by atoms with van der Waals surface area (Å²) in [5.41, 5.74) is 6.05. The molecule has 0 N–H and O–H groups in total. The number of rotatable bonds is 2. The average Bonchev–Trinajstić information content (AvgIpc) is 2.78. The van der Waals surface area contributed by atoms with Gasteiger partial charge in [0, 0.05) is 11.8 Å². The molecule has 0 radical (unpaired) electrons. The van der Waals surface area contributed by atoms with Crippen molar-refractivity contribution in [1.29, 1.82) is 0 Å². The molecule has 0 bridgehead atoms. The molecule has 4 aromatic carbocycles. The SMILES string of the molecule is CC(C)(C)c1ccnc(-c2cccc(-c3cc4ccccc4c4ccccc34)c2)c1. The Balaban J connectivity index is 1.71. The minimum atomic E-state index is 0.101. The van der Waals surface area contributed by atoms with Crippen LogP contribution in [0.1, 0.15) is 26.3 Å². The first kappa shape index (κ1) is 18.6. The van der Waals surface area contributed by atoms with E-state index in [1.807, 2.05) is 6.20 Å². The number of nitrogens with zero attached hydrogens (tertiary/aromatic N) is 1. The van der Waals surface area contributed by atoms with Crippen molar-refractivity contribution < 1.29 is 0 Å². The quantitative estimate of drug-likeness (QED) is 0.279. The van der Waals surface area contributed by atoms with Gasteiger partial charge in [-0.3, -0.25) is 4.98 Å². The van der Waals surface area contributed by atoms with Crippen LogP contribution in [0.15, 0.2) is 97.2 Å². The first-order chi connectivity index (χ1) is 14.5. The molecule has 0 amide bonds. The summed E-state index contributed by atoms with van der Waals surface area (Å²) in [6.07, 6.45) is 1.92. The van der Waals surface area contributed by atoms with E-state index in [-0.39, 0.29) is 5.41 Å². The molecule has 5 rings (SSSR count). The van der Waals surface area contributed by atoms with Gasteiger partial charge in [0.15, 0.2) is 0 Å². The van der Waals surface area contributed by atoms with E-state index in [0.29, 0.717) is 0 Å². The van der Waals surface area contributed by atoms with Gasteiger partial charge >= 0.3 is 0 Å². The van der Waals surface area contributed by atoms with E-state index in [1.165, 1.54) is 38.2 Å². The topological polar surface area (TPSA) is 12.9 Å². The molecule has 0 atom stereocenters. The van der Waals surface area contributed by atoms with Gasteiger partial charge in [-0.2, -0.15) is 0 Å². The first-order valence-corrected chi connectivity index (χ1v) is 10.5. The Morgan fingerprint density at radius 3 is 2.10 bits per heavy atom. The van der Waals surface area contributed by atoms with E-state index in [2.05, 4.69) is 117 Å². The van der Waals surface area contributed by atoms with Gasteiger partial charge in [-0.05, 0) is 67.9 Å². The van der Waals surface area contributed by atoms with Gasteiger partial charge in [-0.15, -0.1) is 0 Å². The van der Waals surface area contributed by atoms with E-state index in [1.54, 1.807) is 0 Å². The number of aromatic nitrogens is 1. The van der Waals surface area contributed by atoms with Gasteiger partial charge in [0.2, 0.25) is 0 Å². The molecule has 0 unspecified atom stereocenters. The summed E-state index contributed by atoms with van der Waals surface area (Å²) in [6, 6.07) is 32.7. The van der Waals surface area contributed by atoms with Gasteiger partial charge in [0.25, 0.3) is 0 Å². The normalized spacial score (nSPS) is 11.8. The molecular formula is C29H25N. The Bertz CT molecular complexity index is 1370. The lowest BCUT2D eigenvalue weighted by Crippen LogP contribution is -2.11. The van der Waals surface area contributed by atoms with Crippen LogP contribution in [0.25, 0.3) is 43.9 Å². The molecule has 1 heteroatoms. The average molecular weight is 388 g/mol. The van der Waals surface area contributed by atoms with Crippen molar-refractivity contribution in [2.75, 3.05) is 0 Å². The molecule has 30 heavy (non-hydrogen) atoms. The van der Waals surface area contributed by atoms with Crippen molar-refractivity contribution in [3.8, 4) is 22.4 Å². The fourth-order valence-electron chi connectivity index (χ4n) is 4.19. The van der Waals surface area contributed by atoms with Crippen LogP contribution in [0.3, 0.4) is 0 Å². The monoisotopic (exact) mass is 387 g/mol. The van der Waals surface area contributed by atoms with E-state index in [4.69, 9.17) is 0 Å². The van der Waals surface area contributed by atoms with Crippen LogP contribution in [-0.4, -0.2) is 4.98 Å². The third-order valence-electron chi connectivity index (χ3n) is 5.86. The van der Waals surface area contributed by atoms with Gasteiger partial charge < -0.3 is 0 Å². The zero-order valence-electron chi connectivity index (χ0n) is 17.7. The minimum Gasteiger partial charge on any atom is -0.256 e. The number of benzene rings is 4. The summed E-state index contributed by atoms with van der Waals surface area (Å²) in [6.45, 7) is 6.72. The number of fused-ring (bicyclic) bond motifs is 3. The molecule has 5 aromatic rings. The molecule has 0 aliphatic rings. The highest BCUT2D eigenvalue weighted by molar-refractivity contribution is 6.13. The molecule has 0 saturated carbocycles. The number of hydrogen-bond donors (Lipinski definition) is 0. The lowest BCUT2D eigenvalue weighted by atomic mass is 9.86. The molecule has 0 aliphatic heterocycles. The predicted molar refractivity (Wildman–Crippen MR) is 129 cm³/mol. The summed E-state index contributed by atoms with van der Waals surface area (Å²) in [5, 5.41) is 5.14. The second-order valence-electron chi connectivity index (χ2n) is 8.95. The van der Waals surface area contributed by atoms with Crippen molar-refractivity contribution in [3.63, 3.8) is 0 Å². The Morgan fingerprint density at radius 2 is 1.30 bits per heavy atom. The first-order valence-electron chi connectivity index (χ1n) is 10.5. The van der Waals surface area contributed by atoms with Crippen LogP contribution in [0.4, 0.5) is 0 Å². The minimum absolute atomic E-state index is 0.101. The van der Waals surface area contributed by atoms with Crippen LogP contribution in [-0.2, 0) is 5.41 Å². The molecule has 146 valence electrons. The fraction of sp³-hybridized carbons (Fsp3) is 0.138. The summed E-state index contributed by atoms with van der Waals surface area (Å²) >= 11 is 0. The molecule has 0 spiro atoms. The smallest absolute Gasteiger partial charge is 0.0705 e. The zero-order valence-corrected chi connectivity index (χ0v) is 17.7. The van der Waals surface area contributed by atoms with Crippen molar-refractivity contribution in [1.82, 2.24) is 4.98 Å². The lowest BCUT2D eigenvalue weighted by molar-refractivity contribution is 0.589.